The van der Waals surface area contributed by atoms with E-state index >= 15 is 0 Å². The number of β-amino-alcohol motifs (C(OH)–C–C–N with tert-alkyl or cyclic N) is 2. The average Bonchev–Trinajstić information content (AvgIpc) is 2.60. The van der Waals surface area contributed by atoms with Crippen molar-refractivity contribution in [1.82, 2.24) is 4.90 Å². The summed E-state index contributed by atoms with van der Waals surface area (Å²) in [4.78, 5) is 2.04. The highest BCUT2D eigenvalue weighted by molar-refractivity contribution is 5.48. The molecule has 1 aromatic rings. The highest BCUT2D eigenvalue weighted by Crippen LogP contribution is 2.10. The minimum Gasteiger partial charge on any atom is -0.389 e. The van der Waals surface area contributed by atoms with Crippen LogP contribution in [0.4, 0.5) is 0 Å². The van der Waals surface area contributed by atoms with Gasteiger partial charge in [0.15, 0.2) is 0 Å². The van der Waals surface area contributed by atoms with Gasteiger partial charge in [0.05, 0.1) is 12.2 Å². The Morgan fingerprint density at radius 1 is 1.12 bits per heavy atom. The van der Waals surface area contributed by atoms with Crippen LogP contribution in [-0.2, 0) is 0 Å². The molecule has 0 radical (unpaired) electrons. The lowest BCUT2D eigenvalue weighted by atomic mass is 10.2. The van der Waals surface area contributed by atoms with E-state index in [4.69, 9.17) is 0 Å². The van der Waals surface area contributed by atoms with Gasteiger partial charge in [0.1, 0.15) is 0 Å². The number of aliphatic hydroxyl groups is 2. The highest BCUT2D eigenvalue weighted by Gasteiger charge is 2.28. The Balaban J connectivity index is 1.82. The van der Waals surface area contributed by atoms with Crippen LogP contribution in [0, 0.1) is 0 Å². The van der Waals surface area contributed by atoms with Crippen LogP contribution in [0.3, 0.4) is 0 Å². The van der Waals surface area contributed by atoms with E-state index in [1.807, 2.05) is 35.2 Å². The predicted octanol–water partition coefficient (Wildman–Crippen LogP) is 0.737. The average molecular weight is 219 g/mol. The summed E-state index contributed by atoms with van der Waals surface area (Å²) in [6.45, 7) is 1.88. The van der Waals surface area contributed by atoms with Gasteiger partial charge in [-0.25, -0.2) is 0 Å². The van der Waals surface area contributed by atoms with Crippen LogP contribution in [0.15, 0.2) is 36.4 Å². The lowest BCUT2D eigenvalue weighted by Gasteiger charge is -2.10. The third-order valence-corrected chi connectivity index (χ3v) is 2.81. The zero-order chi connectivity index (χ0) is 11.4. The number of hydrogen-bond acceptors (Lipinski definition) is 3. The Kier molecular flexibility index (Phi) is 3.72. The van der Waals surface area contributed by atoms with Gasteiger partial charge in [-0.15, -0.1) is 0 Å². The molecular weight excluding hydrogens is 202 g/mol. The number of hydrogen-bond donors (Lipinski definition) is 2. The van der Waals surface area contributed by atoms with E-state index in [1.165, 1.54) is 5.56 Å². The lowest BCUT2D eigenvalue weighted by molar-refractivity contribution is 0.0572. The predicted molar refractivity (Wildman–Crippen MR) is 63.9 cm³/mol. The van der Waals surface area contributed by atoms with Crippen molar-refractivity contribution in [3.8, 4) is 0 Å². The maximum absolute atomic E-state index is 9.37. The molecule has 0 bridgehead atoms. The second-order valence-corrected chi connectivity index (χ2v) is 4.17. The van der Waals surface area contributed by atoms with Crippen molar-refractivity contribution in [1.29, 1.82) is 0 Å². The van der Waals surface area contributed by atoms with Gasteiger partial charge in [0.25, 0.3) is 0 Å². The van der Waals surface area contributed by atoms with E-state index in [2.05, 4.69) is 12.2 Å². The first-order chi connectivity index (χ1) is 7.75. The Bertz CT molecular complexity index is 340. The van der Waals surface area contributed by atoms with Gasteiger partial charge in [0, 0.05) is 19.6 Å². The molecule has 2 rings (SSSR count). The maximum Gasteiger partial charge on any atom is 0.0938 e. The molecule has 16 heavy (non-hydrogen) atoms. The minimum atomic E-state index is -0.592. The van der Waals surface area contributed by atoms with E-state index in [1.54, 1.807) is 0 Å². The van der Waals surface area contributed by atoms with Gasteiger partial charge in [-0.2, -0.15) is 0 Å². The first kappa shape index (κ1) is 11.3. The molecule has 0 aromatic heterocycles. The summed E-state index contributed by atoms with van der Waals surface area (Å²) >= 11 is 0. The third-order valence-electron chi connectivity index (χ3n) is 2.81. The van der Waals surface area contributed by atoms with Crippen molar-refractivity contribution in [2.75, 3.05) is 19.6 Å². The van der Waals surface area contributed by atoms with Crippen LogP contribution in [0.25, 0.3) is 6.08 Å². The number of rotatable bonds is 3. The van der Waals surface area contributed by atoms with Crippen molar-refractivity contribution >= 4 is 6.08 Å². The largest absolute Gasteiger partial charge is 0.389 e. The van der Waals surface area contributed by atoms with Crippen LogP contribution < -0.4 is 0 Å². The summed E-state index contributed by atoms with van der Waals surface area (Å²) in [7, 11) is 0. The molecule has 2 atom stereocenters. The molecule has 1 aliphatic rings. The Morgan fingerprint density at radius 2 is 1.75 bits per heavy atom. The molecule has 1 aliphatic heterocycles. The molecule has 1 fully saturated rings. The van der Waals surface area contributed by atoms with Gasteiger partial charge in [-0.05, 0) is 5.56 Å². The molecule has 0 aliphatic carbocycles. The SMILES string of the molecule is O[C@@H]1CN(CC=Cc2ccccc2)C[C@@H]1O. The monoisotopic (exact) mass is 219 g/mol. The molecule has 1 saturated heterocycles. The summed E-state index contributed by atoms with van der Waals surface area (Å²) in [5.41, 5.74) is 1.17. The highest BCUT2D eigenvalue weighted by atomic mass is 16.3. The minimum absolute atomic E-state index is 0.556. The summed E-state index contributed by atoms with van der Waals surface area (Å²) in [6.07, 6.45) is 2.92. The van der Waals surface area contributed by atoms with Crippen molar-refractivity contribution < 1.29 is 10.2 Å². The fraction of sp³-hybridized carbons (Fsp3) is 0.385. The van der Waals surface area contributed by atoms with E-state index in [-0.39, 0.29) is 0 Å². The van der Waals surface area contributed by atoms with E-state index in [0.29, 0.717) is 13.1 Å². The van der Waals surface area contributed by atoms with E-state index < -0.39 is 12.2 Å². The molecule has 86 valence electrons. The van der Waals surface area contributed by atoms with Crippen molar-refractivity contribution in [3.63, 3.8) is 0 Å². The first-order valence-corrected chi connectivity index (χ1v) is 5.56. The topological polar surface area (TPSA) is 43.7 Å². The van der Waals surface area contributed by atoms with Crippen LogP contribution >= 0.6 is 0 Å². The first-order valence-electron chi connectivity index (χ1n) is 5.56. The Labute approximate surface area is 95.6 Å². The van der Waals surface area contributed by atoms with Crippen LogP contribution in [0.1, 0.15) is 5.56 Å². The van der Waals surface area contributed by atoms with Gasteiger partial charge in [0.2, 0.25) is 0 Å². The second kappa shape index (κ2) is 5.25. The number of aliphatic hydroxyl groups excluding tert-OH is 2. The van der Waals surface area contributed by atoms with Crippen molar-refractivity contribution in [3.05, 3.63) is 42.0 Å². The quantitative estimate of drug-likeness (QED) is 0.788. The molecule has 2 N–H and O–H groups in total. The van der Waals surface area contributed by atoms with E-state index in [0.717, 1.165) is 6.54 Å². The number of nitrogens with zero attached hydrogens (tertiary/aromatic N) is 1. The Morgan fingerprint density at radius 3 is 2.38 bits per heavy atom. The van der Waals surface area contributed by atoms with Crippen molar-refractivity contribution in [2.24, 2.45) is 0 Å². The standard InChI is InChI=1S/C13H17NO2/c15-12-9-14(10-13(12)16)8-4-7-11-5-2-1-3-6-11/h1-7,12-13,15-16H,8-10H2/t12-,13+. The Hall–Kier alpha value is -1.16. The van der Waals surface area contributed by atoms with Crippen molar-refractivity contribution in [2.45, 2.75) is 12.2 Å². The molecule has 0 saturated carbocycles. The van der Waals surface area contributed by atoms with Crippen LogP contribution in [-0.4, -0.2) is 47.0 Å². The molecule has 0 spiro atoms. The van der Waals surface area contributed by atoms with Gasteiger partial charge >= 0.3 is 0 Å². The maximum atomic E-state index is 9.37. The normalized spacial score (nSPS) is 26.6. The van der Waals surface area contributed by atoms with Crippen LogP contribution in [0.5, 0.6) is 0 Å². The van der Waals surface area contributed by atoms with Gasteiger partial charge in [-0.1, -0.05) is 42.5 Å². The summed E-state index contributed by atoms with van der Waals surface area (Å²) in [6, 6.07) is 10.1. The third kappa shape index (κ3) is 2.92. The van der Waals surface area contributed by atoms with E-state index in [9.17, 15) is 10.2 Å². The second-order valence-electron chi connectivity index (χ2n) is 4.17. The summed E-state index contributed by atoms with van der Waals surface area (Å²) < 4.78 is 0. The fourth-order valence-corrected chi connectivity index (χ4v) is 1.90. The molecule has 0 unspecified atom stereocenters. The summed E-state index contributed by atoms with van der Waals surface area (Å²) in [5, 5.41) is 18.7. The fourth-order valence-electron chi connectivity index (χ4n) is 1.90. The molecule has 0 amide bonds. The molecule has 1 heterocycles. The number of benzene rings is 1. The van der Waals surface area contributed by atoms with Gasteiger partial charge in [-0.3, -0.25) is 4.90 Å². The molecule has 1 aromatic carbocycles. The molecule has 3 nitrogen and oxygen atoms in total. The molecule has 3 heteroatoms. The zero-order valence-electron chi connectivity index (χ0n) is 9.16. The lowest BCUT2D eigenvalue weighted by Crippen LogP contribution is -2.22. The summed E-state index contributed by atoms with van der Waals surface area (Å²) in [5.74, 6) is 0. The smallest absolute Gasteiger partial charge is 0.0938 e. The van der Waals surface area contributed by atoms with Gasteiger partial charge < -0.3 is 10.2 Å². The molecular formula is C13H17NO2. The van der Waals surface area contributed by atoms with Crippen LogP contribution in [0.2, 0.25) is 0 Å². The zero-order valence-corrected chi connectivity index (χ0v) is 9.16. The number of likely N-dealkylation sites (tertiary alicyclic amines) is 1.